The first-order chi connectivity index (χ1) is 9.43. The summed E-state index contributed by atoms with van der Waals surface area (Å²) >= 11 is 0. The van der Waals surface area contributed by atoms with Crippen LogP contribution in [0.4, 0.5) is 0 Å². The maximum Gasteiger partial charge on any atom is 0.134 e. The molecule has 0 amide bonds. The monoisotopic (exact) mass is 260 g/mol. The number of ether oxygens (including phenoxy) is 1. The molecule has 1 fully saturated rings. The van der Waals surface area contributed by atoms with Gasteiger partial charge in [-0.05, 0) is 24.6 Å². The minimum atomic E-state index is 0.301. The molecule has 0 saturated carbocycles. The van der Waals surface area contributed by atoms with Crippen molar-refractivity contribution < 1.29 is 9.15 Å². The predicted molar refractivity (Wildman–Crippen MR) is 75.4 cm³/mol. The quantitative estimate of drug-likeness (QED) is 0.801. The van der Waals surface area contributed by atoms with Gasteiger partial charge in [-0.1, -0.05) is 18.2 Å². The van der Waals surface area contributed by atoms with Crippen LogP contribution in [-0.2, 0) is 11.2 Å². The molecule has 1 atom stereocenters. The molecule has 2 heterocycles. The molecule has 0 radical (unpaired) electrons. The van der Waals surface area contributed by atoms with E-state index >= 15 is 0 Å². The van der Waals surface area contributed by atoms with E-state index in [0.29, 0.717) is 6.10 Å². The molecular formula is C15H20N2O2. The number of morpholine rings is 1. The first-order valence-corrected chi connectivity index (χ1v) is 6.91. The van der Waals surface area contributed by atoms with Gasteiger partial charge in [0.05, 0.1) is 19.0 Å². The normalized spacial score (nSPS) is 19.9. The molecule has 2 aromatic rings. The van der Waals surface area contributed by atoms with Gasteiger partial charge in [0.1, 0.15) is 5.58 Å². The third kappa shape index (κ3) is 3.15. The van der Waals surface area contributed by atoms with Crippen LogP contribution in [0.25, 0.3) is 11.0 Å². The number of para-hydroxylation sites is 1. The third-order valence-corrected chi connectivity index (χ3v) is 3.51. The zero-order valence-corrected chi connectivity index (χ0v) is 11.0. The maximum atomic E-state index is 5.64. The molecule has 1 aliphatic rings. The lowest BCUT2D eigenvalue weighted by molar-refractivity contribution is 0.0294. The van der Waals surface area contributed by atoms with Gasteiger partial charge in [0.2, 0.25) is 0 Å². The molecule has 2 N–H and O–H groups in total. The van der Waals surface area contributed by atoms with Gasteiger partial charge in [-0.3, -0.25) is 0 Å². The lowest BCUT2D eigenvalue weighted by Gasteiger charge is -2.23. The Hall–Kier alpha value is -1.36. The van der Waals surface area contributed by atoms with Gasteiger partial charge in [0.25, 0.3) is 0 Å². The summed E-state index contributed by atoms with van der Waals surface area (Å²) in [5.41, 5.74) is 2.24. The molecular weight excluding hydrogens is 240 g/mol. The van der Waals surface area contributed by atoms with Gasteiger partial charge in [-0.25, -0.2) is 0 Å². The zero-order valence-electron chi connectivity index (χ0n) is 11.0. The Bertz CT molecular complexity index is 518. The van der Waals surface area contributed by atoms with Crippen molar-refractivity contribution in [2.75, 3.05) is 32.8 Å². The van der Waals surface area contributed by atoms with Crippen LogP contribution in [0.3, 0.4) is 0 Å². The Morgan fingerprint density at radius 2 is 2.26 bits per heavy atom. The Labute approximate surface area is 113 Å². The Morgan fingerprint density at radius 3 is 3.16 bits per heavy atom. The first-order valence-electron chi connectivity index (χ1n) is 6.91. The standard InChI is InChI=1S/C15H20N2O2/c1-2-4-15-14(3-1)12(11-19-15)5-6-16-9-13-10-17-7-8-18-13/h1-4,11,13,16-17H,5-10H2. The highest BCUT2D eigenvalue weighted by Crippen LogP contribution is 2.20. The second-order valence-electron chi connectivity index (χ2n) is 4.91. The molecule has 19 heavy (non-hydrogen) atoms. The largest absolute Gasteiger partial charge is 0.464 e. The molecule has 0 spiro atoms. The summed E-state index contributed by atoms with van der Waals surface area (Å²) in [6.07, 6.45) is 3.15. The van der Waals surface area contributed by atoms with Crippen molar-refractivity contribution >= 4 is 11.0 Å². The van der Waals surface area contributed by atoms with Crippen LogP contribution < -0.4 is 10.6 Å². The molecule has 0 bridgehead atoms. The van der Waals surface area contributed by atoms with Crippen LogP contribution in [0.5, 0.6) is 0 Å². The van der Waals surface area contributed by atoms with Crippen molar-refractivity contribution in [2.45, 2.75) is 12.5 Å². The van der Waals surface area contributed by atoms with Crippen molar-refractivity contribution in [1.29, 1.82) is 0 Å². The number of rotatable bonds is 5. The summed E-state index contributed by atoms with van der Waals surface area (Å²) in [7, 11) is 0. The summed E-state index contributed by atoms with van der Waals surface area (Å²) in [5.74, 6) is 0. The zero-order chi connectivity index (χ0) is 12.9. The minimum Gasteiger partial charge on any atom is -0.464 e. The maximum absolute atomic E-state index is 5.64. The number of benzene rings is 1. The van der Waals surface area contributed by atoms with Crippen LogP contribution in [0.1, 0.15) is 5.56 Å². The van der Waals surface area contributed by atoms with E-state index in [-0.39, 0.29) is 0 Å². The molecule has 1 saturated heterocycles. The topological polar surface area (TPSA) is 46.4 Å². The molecule has 102 valence electrons. The molecule has 0 aliphatic carbocycles. The average molecular weight is 260 g/mol. The number of furan rings is 1. The van der Waals surface area contributed by atoms with Crippen LogP contribution >= 0.6 is 0 Å². The van der Waals surface area contributed by atoms with Crippen molar-refractivity contribution in [1.82, 2.24) is 10.6 Å². The van der Waals surface area contributed by atoms with E-state index in [1.54, 1.807) is 0 Å². The lowest BCUT2D eigenvalue weighted by Crippen LogP contribution is -2.44. The van der Waals surface area contributed by atoms with Gasteiger partial charge >= 0.3 is 0 Å². The Kier molecular flexibility index (Phi) is 4.13. The summed E-state index contributed by atoms with van der Waals surface area (Å²) in [4.78, 5) is 0. The fourth-order valence-electron chi connectivity index (χ4n) is 2.46. The smallest absolute Gasteiger partial charge is 0.134 e. The highest BCUT2D eigenvalue weighted by atomic mass is 16.5. The van der Waals surface area contributed by atoms with Crippen LogP contribution in [-0.4, -0.2) is 38.9 Å². The van der Waals surface area contributed by atoms with Gasteiger partial charge in [0.15, 0.2) is 0 Å². The number of hydrogen-bond donors (Lipinski definition) is 2. The summed E-state index contributed by atoms with van der Waals surface area (Å²) in [6, 6.07) is 8.17. The molecule has 3 rings (SSSR count). The number of fused-ring (bicyclic) bond motifs is 1. The average Bonchev–Trinajstić information content (AvgIpc) is 2.88. The Morgan fingerprint density at radius 1 is 1.32 bits per heavy atom. The fourth-order valence-corrected chi connectivity index (χ4v) is 2.46. The van der Waals surface area contributed by atoms with Crippen molar-refractivity contribution in [3.63, 3.8) is 0 Å². The molecule has 1 aliphatic heterocycles. The van der Waals surface area contributed by atoms with Gasteiger partial charge in [-0.2, -0.15) is 0 Å². The van der Waals surface area contributed by atoms with E-state index in [1.807, 2.05) is 18.4 Å². The van der Waals surface area contributed by atoms with Gasteiger partial charge < -0.3 is 19.8 Å². The van der Waals surface area contributed by atoms with Crippen LogP contribution in [0.15, 0.2) is 34.9 Å². The summed E-state index contributed by atoms with van der Waals surface area (Å²) in [6.45, 7) is 4.59. The summed E-state index contributed by atoms with van der Waals surface area (Å²) in [5, 5.41) is 8.01. The minimum absolute atomic E-state index is 0.301. The van der Waals surface area contributed by atoms with E-state index in [9.17, 15) is 0 Å². The van der Waals surface area contributed by atoms with E-state index in [1.165, 1.54) is 10.9 Å². The third-order valence-electron chi connectivity index (χ3n) is 3.51. The van der Waals surface area contributed by atoms with E-state index in [2.05, 4.69) is 22.8 Å². The first kappa shape index (κ1) is 12.7. The van der Waals surface area contributed by atoms with Crippen molar-refractivity contribution in [3.8, 4) is 0 Å². The van der Waals surface area contributed by atoms with Crippen LogP contribution in [0.2, 0.25) is 0 Å². The predicted octanol–water partition coefficient (Wildman–Crippen LogP) is 1.55. The second-order valence-corrected chi connectivity index (χ2v) is 4.91. The van der Waals surface area contributed by atoms with Gasteiger partial charge in [-0.15, -0.1) is 0 Å². The van der Waals surface area contributed by atoms with Crippen LogP contribution in [0, 0.1) is 0 Å². The molecule has 1 aromatic carbocycles. The highest BCUT2D eigenvalue weighted by molar-refractivity contribution is 5.80. The van der Waals surface area contributed by atoms with Crippen molar-refractivity contribution in [3.05, 3.63) is 36.1 Å². The summed E-state index contributed by atoms with van der Waals surface area (Å²) < 4.78 is 11.2. The van der Waals surface area contributed by atoms with E-state index in [0.717, 1.165) is 44.8 Å². The second kappa shape index (κ2) is 6.19. The lowest BCUT2D eigenvalue weighted by atomic mass is 10.1. The fraction of sp³-hybridized carbons (Fsp3) is 0.467. The highest BCUT2D eigenvalue weighted by Gasteiger charge is 2.12. The molecule has 1 unspecified atom stereocenters. The number of hydrogen-bond acceptors (Lipinski definition) is 4. The Balaban J connectivity index is 1.47. The molecule has 4 heteroatoms. The molecule has 1 aromatic heterocycles. The van der Waals surface area contributed by atoms with Crippen molar-refractivity contribution in [2.24, 2.45) is 0 Å². The van der Waals surface area contributed by atoms with E-state index < -0.39 is 0 Å². The number of nitrogens with one attached hydrogen (secondary N) is 2. The SMILES string of the molecule is c1ccc2c(CCNCC3CNCCO3)coc2c1. The van der Waals surface area contributed by atoms with Gasteiger partial charge in [0, 0.05) is 25.0 Å². The van der Waals surface area contributed by atoms with E-state index in [4.69, 9.17) is 9.15 Å². The molecule has 4 nitrogen and oxygen atoms in total.